The van der Waals surface area contributed by atoms with E-state index in [0.29, 0.717) is 10.7 Å². The maximum atomic E-state index is 11.2. The summed E-state index contributed by atoms with van der Waals surface area (Å²) in [4.78, 5) is 11.2. The Morgan fingerprint density at radius 1 is 1.47 bits per heavy atom. The van der Waals surface area contributed by atoms with Crippen LogP contribution in [0.15, 0.2) is 36.9 Å². The summed E-state index contributed by atoms with van der Waals surface area (Å²) >= 11 is 11.2. The summed E-state index contributed by atoms with van der Waals surface area (Å²) in [6, 6.07) is 6.62. The zero-order valence-electron chi connectivity index (χ0n) is 7.74. The average Bonchev–Trinajstić information content (AvgIpc) is 2.21. The SMILES string of the molecule is C=CC(Cl)OC(=O)Nc1ccc(Cl)cc1. The summed E-state index contributed by atoms with van der Waals surface area (Å²) in [6.07, 6.45) is 0.667. The molecule has 0 bridgehead atoms. The topological polar surface area (TPSA) is 38.3 Å². The number of rotatable bonds is 3. The maximum absolute atomic E-state index is 11.2. The fourth-order valence-corrected chi connectivity index (χ4v) is 1.04. The van der Waals surface area contributed by atoms with Gasteiger partial charge in [-0.05, 0) is 30.3 Å². The predicted molar refractivity (Wildman–Crippen MR) is 61.4 cm³/mol. The highest BCUT2D eigenvalue weighted by Crippen LogP contribution is 2.14. The van der Waals surface area contributed by atoms with Crippen LogP contribution in [0.25, 0.3) is 0 Å². The molecule has 1 amide bonds. The van der Waals surface area contributed by atoms with E-state index in [0.717, 1.165) is 0 Å². The molecule has 1 N–H and O–H groups in total. The van der Waals surface area contributed by atoms with Gasteiger partial charge in [-0.25, -0.2) is 4.79 Å². The summed E-state index contributed by atoms with van der Waals surface area (Å²) in [5, 5.41) is 3.08. The fraction of sp³-hybridized carbons (Fsp3) is 0.100. The third-order valence-corrected chi connectivity index (χ3v) is 2.01. The van der Waals surface area contributed by atoms with Gasteiger partial charge >= 0.3 is 6.09 Å². The van der Waals surface area contributed by atoms with Crippen molar-refractivity contribution in [3.63, 3.8) is 0 Å². The van der Waals surface area contributed by atoms with Gasteiger partial charge in [-0.15, -0.1) is 0 Å². The van der Waals surface area contributed by atoms with Gasteiger partial charge in [-0.3, -0.25) is 5.32 Å². The first-order chi connectivity index (χ1) is 7.11. The molecule has 1 unspecified atom stereocenters. The Kier molecular flexibility index (Phi) is 4.46. The van der Waals surface area contributed by atoms with Crippen molar-refractivity contribution in [2.24, 2.45) is 0 Å². The molecule has 0 aliphatic heterocycles. The molecule has 0 heterocycles. The van der Waals surface area contributed by atoms with E-state index in [4.69, 9.17) is 27.9 Å². The highest BCUT2D eigenvalue weighted by atomic mass is 35.5. The second-order valence-electron chi connectivity index (χ2n) is 2.62. The van der Waals surface area contributed by atoms with E-state index in [9.17, 15) is 4.79 Å². The number of alkyl halides is 1. The van der Waals surface area contributed by atoms with Crippen LogP contribution >= 0.6 is 23.2 Å². The third-order valence-electron chi connectivity index (χ3n) is 1.50. The minimum atomic E-state index is -0.836. The largest absolute Gasteiger partial charge is 0.426 e. The number of ether oxygens (including phenoxy) is 1. The molecule has 1 aromatic rings. The molecule has 1 atom stereocenters. The molecule has 0 saturated heterocycles. The number of benzene rings is 1. The van der Waals surface area contributed by atoms with Crippen molar-refractivity contribution in [3.05, 3.63) is 41.9 Å². The molecule has 0 aliphatic carbocycles. The number of carbonyl (C=O) groups is 1. The number of amides is 1. The molecular weight excluding hydrogens is 237 g/mol. The number of hydrogen-bond acceptors (Lipinski definition) is 2. The van der Waals surface area contributed by atoms with E-state index in [1.807, 2.05) is 0 Å². The molecule has 5 heteroatoms. The van der Waals surface area contributed by atoms with Crippen molar-refractivity contribution in [1.29, 1.82) is 0 Å². The van der Waals surface area contributed by atoms with Gasteiger partial charge in [0.05, 0.1) is 0 Å². The van der Waals surface area contributed by atoms with E-state index < -0.39 is 11.7 Å². The van der Waals surface area contributed by atoms with Crippen LogP contribution < -0.4 is 5.32 Å². The Morgan fingerprint density at radius 3 is 2.60 bits per heavy atom. The zero-order chi connectivity index (χ0) is 11.3. The van der Waals surface area contributed by atoms with Crippen LogP contribution in [0, 0.1) is 0 Å². The van der Waals surface area contributed by atoms with Gasteiger partial charge in [0, 0.05) is 10.7 Å². The molecule has 3 nitrogen and oxygen atoms in total. The van der Waals surface area contributed by atoms with E-state index in [2.05, 4.69) is 11.9 Å². The van der Waals surface area contributed by atoms with Crippen LogP contribution in [0.3, 0.4) is 0 Å². The van der Waals surface area contributed by atoms with E-state index in [-0.39, 0.29) is 0 Å². The maximum Gasteiger partial charge on any atom is 0.413 e. The third kappa shape index (κ3) is 4.23. The number of halogens is 2. The van der Waals surface area contributed by atoms with Gasteiger partial charge < -0.3 is 4.74 Å². The van der Waals surface area contributed by atoms with Crippen LogP contribution in [-0.2, 0) is 4.74 Å². The number of nitrogens with one attached hydrogen (secondary N) is 1. The Morgan fingerprint density at radius 2 is 2.07 bits per heavy atom. The molecular formula is C10H9Cl2NO2. The highest BCUT2D eigenvalue weighted by Gasteiger charge is 2.07. The number of hydrogen-bond donors (Lipinski definition) is 1. The van der Waals surface area contributed by atoms with Gasteiger partial charge in [0.1, 0.15) is 0 Å². The Hall–Kier alpha value is -1.19. The van der Waals surface area contributed by atoms with Gasteiger partial charge in [-0.2, -0.15) is 0 Å². The first-order valence-corrected chi connectivity index (χ1v) is 4.93. The molecule has 0 spiro atoms. The van der Waals surface area contributed by atoms with E-state index in [1.54, 1.807) is 24.3 Å². The molecule has 1 aromatic carbocycles. The molecule has 1 rings (SSSR count). The first kappa shape index (κ1) is 11.9. The van der Waals surface area contributed by atoms with Crippen LogP contribution in [0.5, 0.6) is 0 Å². The lowest BCUT2D eigenvalue weighted by Crippen LogP contribution is -2.17. The van der Waals surface area contributed by atoms with Crippen LogP contribution in [0.1, 0.15) is 0 Å². The molecule has 0 fully saturated rings. The summed E-state index contributed by atoms with van der Waals surface area (Å²) in [5.74, 6) is 0. The van der Waals surface area contributed by atoms with Crippen molar-refractivity contribution in [2.45, 2.75) is 5.56 Å². The highest BCUT2D eigenvalue weighted by molar-refractivity contribution is 6.30. The quantitative estimate of drug-likeness (QED) is 0.653. The van der Waals surface area contributed by atoms with Gasteiger partial charge in [0.2, 0.25) is 0 Å². The minimum absolute atomic E-state index is 0.581. The lowest BCUT2D eigenvalue weighted by molar-refractivity contribution is 0.162. The van der Waals surface area contributed by atoms with Crippen molar-refractivity contribution >= 4 is 35.0 Å². The number of anilines is 1. The standard InChI is InChI=1S/C10H9Cl2NO2/c1-2-9(12)15-10(14)13-8-5-3-7(11)4-6-8/h2-6,9H,1H2,(H,13,14). The number of carbonyl (C=O) groups excluding carboxylic acids is 1. The van der Waals surface area contributed by atoms with E-state index >= 15 is 0 Å². The van der Waals surface area contributed by atoms with Crippen LogP contribution in [-0.4, -0.2) is 11.7 Å². The fourth-order valence-electron chi connectivity index (χ4n) is 0.831. The monoisotopic (exact) mass is 245 g/mol. The molecule has 15 heavy (non-hydrogen) atoms. The summed E-state index contributed by atoms with van der Waals surface area (Å²) < 4.78 is 4.70. The minimum Gasteiger partial charge on any atom is -0.426 e. The molecule has 0 aliphatic rings. The molecule has 0 aromatic heterocycles. The Bertz CT molecular complexity index is 351. The second kappa shape index (κ2) is 5.63. The van der Waals surface area contributed by atoms with Gasteiger partial charge in [0.25, 0.3) is 0 Å². The Labute approximate surface area is 97.6 Å². The second-order valence-corrected chi connectivity index (χ2v) is 3.49. The van der Waals surface area contributed by atoms with Crippen molar-refractivity contribution < 1.29 is 9.53 Å². The van der Waals surface area contributed by atoms with Crippen molar-refractivity contribution in [1.82, 2.24) is 0 Å². The van der Waals surface area contributed by atoms with Gasteiger partial charge in [0.15, 0.2) is 5.56 Å². The van der Waals surface area contributed by atoms with E-state index in [1.165, 1.54) is 6.08 Å². The lowest BCUT2D eigenvalue weighted by atomic mass is 10.3. The van der Waals surface area contributed by atoms with Crippen LogP contribution in [0.4, 0.5) is 10.5 Å². The summed E-state index contributed by atoms with van der Waals surface area (Å²) in [7, 11) is 0. The molecule has 0 saturated carbocycles. The summed E-state index contributed by atoms with van der Waals surface area (Å²) in [5.41, 5.74) is -0.255. The Balaban J connectivity index is 2.51. The van der Waals surface area contributed by atoms with Crippen molar-refractivity contribution in [2.75, 3.05) is 5.32 Å². The normalized spacial score (nSPS) is 11.6. The smallest absolute Gasteiger partial charge is 0.413 e. The summed E-state index contributed by atoms with van der Waals surface area (Å²) in [6.45, 7) is 3.38. The molecule has 0 radical (unpaired) electrons. The average molecular weight is 246 g/mol. The molecule has 80 valence electrons. The van der Waals surface area contributed by atoms with Gasteiger partial charge in [-0.1, -0.05) is 29.8 Å². The zero-order valence-corrected chi connectivity index (χ0v) is 9.26. The van der Waals surface area contributed by atoms with Crippen LogP contribution in [0.2, 0.25) is 5.02 Å². The predicted octanol–water partition coefficient (Wildman–Crippen LogP) is 3.64. The lowest BCUT2D eigenvalue weighted by Gasteiger charge is -2.08. The van der Waals surface area contributed by atoms with Crippen molar-refractivity contribution in [3.8, 4) is 0 Å². The first-order valence-electron chi connectivity index (χ1n) is 4.11.